The minimum Gasteiger partial charge on any atom is -0.346 e. The maximum Gasteiger partial charge on any atom is 0.227 e. The van der Waals surface area contributed by atoms with Gasteiger partial charge in [0.05, 0.1) is 5.92 Å². The second-order valence-corrected chi connectivity index (χ2v) is 2.86. The van der Waals surface area contributed by atoms with E-state index in [4.69, 9.17) is 5.73 Å². The fourth-order valence-electron chi connectivity index (χ4n) is 0.938. The Bertz CT molecular complexity index is 141. The molecule has 58 valence electrons. The topological polar surface area (TPSA) is 46.3 Å². The third-order valence-corrected chi connectivity index (χ3v) is 2.01. The summed E-state index contributed by atoms with van der Waals surface area (Å²) in [7, 11) is 1.81. The molecule has 0 radical (unpaired) electrons. The van der Waals surface area contributed by atoms with Crippen LogP contribution in [0.25, 0.3) is 0 Å². The van der Waals surface area contributed by atoms with Crippen LogP contribution in [0.5, 0.6) is 0 Å². The smallest absolute Gasteiger partial charge is 0.227 e. The maximum absolute atomic E-state index is 11.2. The Morgan fingerprint density at radius 1 is 1.80 bits per heavy atom. The van der Waals surface area contributed by atoms with Gasteiger partial charge >= 0.3 is 0 Å². The highest BCUT2D eigenvalue weighted by Gasteiger charge is 2.41. The zero-order valence-electron chi connectivity index (χ0n) is 6.50. The van der Waals surface area contributed by atoms with E-state index in [1.807, 2.05) is 14.0 Å². The van der Waals surface area contributed by atoms with E-state index in [0.717, 1.165) is 13.0 Å². The average molecular weight is 142 g/mol. The average Bonchev–Trinajstić information content (AvgIpc) is 2.63. The van der Waals surface area contributed by atoms with Crippen molar-refractivity contribution in [3.05, 3.63) is 0 Å². The van der Waals surface area contributed by atoms with E-state index in [2.05, 4.69) is 0 Å². The third-order valence-electron chi connectivity index (χ3n) is 2.01. The molecular formula is C7H14N2O. The van der Waals surface area contributed by atoms with Gasteiger partial charge in [0.1, 0.15) is 0 Å². The predicted octanol–water partition coefficient (Wildman–Crippen LogP) is -0.188. The Kier molecular flexibility index (Phi) is 1.94. The molecule has 2 N–H and O–H groups in total. The Morgan fingerprint density at radius 2 is 2.30 bits per heavy atom. The van der Waals surface area contributed by atoms with E-state index >= 15 is 0 Å². The van der Waals surface area contributed by atoms with Gasteiger partial charge in [-0.2, -0.15) is 0 Å². The first-order valence-corrected chi connectivity index (χ1v) is 3.67. The SMILES string of the molecule is CCN(C)C(=O)C1CC1N. The molecule has 0 saturated heterocycles. The molecule has 1 amide bonds. The molecule has 1 rings (SSSR count). The first-order chi connectivity index (χ1) is 4.66. The fourth-order valence-corrected chi connectivity index (χ4v) is 0.938. The summed E-state index contributed by atoms with van der Waals surface area (Å²) < 4.78 is 0. The van der Waals surface area contributed by atoms with Gasteiger partial charge < -0.3 is 10.6 Å². The number of carbonyl (C=O) groups is 1. The first-order valence-electron chi connectivity index (χ1n) is 3.67. The van der Waals surface area contributed by atoms with Crippen LogP contribution in [-0.4, -0.2) is 30.4 Å². The van der Waals surface area contributed by atoms with Crippen LogP contribution < -0.4 is 5.73 Å². The second-order valence-electron chi connectivity index (χ2n) is 2.86. The van der Waals surface area contributed by atoms with Gasteiger partial charge in [-0.1, -0.05) is 0 Å². The molecule has 0 spiro atoms. The van der Waals surface area contributed by atoms with Crippen molar-refractivity contribution in [2.45, 2.75) is 19.4 Å². The van der Waals surface area contributed by atoms with Gasteiger partial charge in [0, 0.05) is 19.6 Å². The molecule has 0 bridgehead atoms. The summed E-state index contributed by atoms with van der Waals surface area (Å²) in [4.78, 5) is 12.9. The first kappa shape index (κ1) is 7.54. The predicted molar refractivity (Wildman–Crippen MR) is 39.4 cm³/mol. The lowest BCUT2D eigenvalue weighted by Gasteiger charge is -2.13. The van der Waals surface area contributed by atoms with E-state index in [1.165, 1.54) is 0 Å². The quantitative estimate of drug-likeness (QED) is 0.581. The number of hydrogen-bond acceptors (Lipinski definition) is 2. The normalized spacial score (nSPS) is 29.9. The van der Waals surface area contributed by atoms with E-state index in [9.17, 15) is 4.79 Å². The second kappa shape index (κ2) is 2.58. The number of amides is 1. The van der Waals surface area contributed by atoms with Crippen molar-refractivity contribution in [1.29, 1.82) is 0 Å². The van der Waals surface area contributed by atoms with Crippen molar-refractivity contribution in [2.24, 2.45) is 11.7 Å². The molecule has 2 unspecified atom stereocenters. The Labute approximate surface area is 61.2 Å². The summed E-state index contributed by atoms with van der Waals surface area (Å²) in [5.74, 6) is 0.333. The van der Waals surface area contributed by atoms with E-state index < -0.39 is 0 Å². The van der Waals surface area contributed by atoms with Crippen LogP contribution in [0.1, 0.15) is 13.3 Å². The van der Waals surface area contributed by atoms with Crippen LogP contribution in [0.4, 0.5) is 0 Å². The Hall–Kier alpha value is -0.570. The van der Waals surface area contributed by atoms with E-state index in [1.54, 1.807) is 4.90 Å². The number of nitrogens with two attached hydrogens (primary N) is 1. The molecule has 1 aliphatic rings. The number of rotatable bonds is 2. The van der Waals surface area contributed by atoms with Crippen molar-refractivity contribution >= 4 is 5.91 Å². The summed E-state index contributed by atoms with van der Waals surface area (Å²) in [6, 6.07) is 0.140. The summed E-state index contributed by atoms with van der Waals surface area (Å²) >= 11 is 0. The minimum atomic E-state index is 0.130. The van der Waals surface area contributed by atoms with Crippen LogP contribution in [0.15, 0.2) is 0 Å². The molecule has 1 aliphatic carbocycles. The lowest BCUT2D eigenvalue weighted by atomic mass is 10.3. The van der Waals surface area contributed by atoms with Gasteiger partial charge in [-0.3, -0.25) is 4.79 Å². The summed E-state index contributed by atoms with van der Waals surface area (Å²) in [5, 5.41) is 0. The molecule has 0 heterocycles. The molecule has 3 heteroatoms. The maximum atomic E-state index is 11.2. The zero-order valence-corrected chi connectivity index (χ0v) is 6.50. The third kappa shape index (κ3) is 1.29. The van der Waals surface area contributed by atoms with Gasteiger partial charge in [-0.05, 0) is 13.3 Å². The van der Waals surface area contributed by atoms with E-state index in [0.29, 0.717) is 0 Å². The molecule has 2 atom stereocenters. The highest BCUT2D eigenvalue weighted by atomic mass is 16.2. The highest BCUT2D eigenvalue weighted by molar-refractivity contribution is 5.82. The molecule has 0 aromatic heterocycles. The molecule has 3 nitrogen and oxygen atoms in total. The van der Waals surface area contributed by atoms with Crippen molar-refractivity contribution in [1.82, 2.24) is 4.90 Å². The van der Waals surface area contributed by atoms with Crippen molar-refractivity contribution in [3.8, 4) is 0 Å². The highest BCUT2D eigenvalue weighted by Crippen LogP contribution is 2.29. The lowest BCUT2D eigenvalue weighted by molar-refractivity contribution is -0.131. The number of hydrogen-bond donors (Lipinski definition) is 1. The van der Waals surface area contributed by atoms with Crippen molar-refractivity contribution in [3.63, 3.8) is 0 Å². The number of carbonyl (C=O) groups excluding carboxylic acids is 1. The summed E-state index contributed by atoms with van der Waals surface area (Å²) in [6.45, 7) is 2.74. The van der Waals surface area contributed by atoms with Crippen molar-refractivity contribution < 1.29 is 4.79 Å². The van der Waals surface area contributed by atoms with Crippen LogP contribution >= 0.6 is 0 Å². The Balaban J connectivity index is 2.35. The van der Waals surface area contributed by atoms with Crippen LogP contribution in [0.2, 0.25) is 0 Å². The Morgan fingerprint density at radius 3 is 2.60 bits per heavy atom. The zero-order chi connectivity index (χ0) is 7.72. The monoisotopic (exact) mass is 142 g/mol. The van der Waals surface area contributed by atoms with Gasteiger partial charge in [-0.25, -0.2) is 0 Å². The molecule has 0 aromatic carbocycles. The summed E-state index contributed by atoms with van der Waals surface area (Å²) in [6.07, 6.45) is 0.878. The molecule has 10 heavy (non-hydrogen) atoms. The molecule has 0 aliphatic heterocycles. The fraction of sp³-hybridized carbons (Fsp3) is 0.857. The largest absolute Gasteiger partial charge is 0.346 e. The minimum absolute atomic E-state index is 0.130. The van der Waals surface area contributed by atoms with Crippen LogP contribution in [0, 0.1) is 5.92 Å². The van der Waals surface area contributed by atoms with E-state index in [-0.39, 0.29) is 17.9 Å². The van der Waals surface area contributed by atoms with Gasteiger partial charge in [0.25, 0.3) is 0 Å². The standard InChI is InChI=1S/C7H14N2O/c1-3-9(2)7(10)5-4-6(5)8/h5-6H,3-4,8H2,1-2H3. The summed E-state index contributed by atoms with van der Waals surface area (Å²) in [5.41, 5.74) is 5.51. The lowest BCUT2D eigenvalue weighted by Crippen LogP contribution is -2.29. The van der Waals surface area contributed by atoms with Gasteiger partial charge in [0.2, 0.25) is 5.91 Å². The molecule has 0 aromatic rings. The molecular weight excluding hydrogens is 128 g/mol. The van der Waals surface area contributed by atoms with Gasteiger partial charge in [0.15, 0.2) is 0 Å². The van der Waals surface area contributed by atoms with Gasteiger partial charge in [-0.15, -0.1) is 0 Å². The van der Waals surface area contributed by atoms with Crippen LogP contribution in [0.3, 0.4) is 0 Å². The van der Waals surface area contributed by atoms with Crippen molar-refractivity contribution in [2.75, 3.05) is 13.6 Å². The molecule has 1 saturated carbocycles. The number of nitrogens with zero attached hydrogens (tertiary/aromatic N) is 1. The van der Waals surface area contributed by atoms with Crippen LogP contribution in [-0.2, 0) is 4.79 Å². The molecule has 1 fully saturated rings.